The van der Waals surface area contributed by atoms with E-state index in [9.17, 15) is 0 Å². The summed E-state index contributed by atoms with van der Waals surface area (Å²) in [6.07, 6.45) is 4.43. The molecule has 1 saturated carbocycles. The van der Waals surface area contributed by atoms with E-state index in [2.05, 4.69) is 37.6 Å². The number of nitrogens with zero attached hydrogens (tertiary/aromatic N) is 3. The molecule has 0 amide bonds. The van der Waals surface area contributed by atoms with Crippen molar-refractivity contribution in [3.05, 3.63) is 53.7 Å². The van der Waals surface area contributed by atoms with Gasteiger partial charge in [-0.25, -0.2) is 4.98 Å². The highest BCUT2D eigenvalue weighted by Gasteiger charge is 2.22. The molecule has 2 aromatic rings. The molecule has 0 bridgehead atoms. The van der Waals surface area contributed by atoms with Gasteiger partial charge in [0.25, 0.3) is 0 Å². The van der Waals surface area contributed by atoms with Crippen LogP contribution < -0.4 is 20.3 Å². The number of anilines is 1. The van der Waals surface area contributed by atoms with E-state index < -0.39 is 0 Å². The zero-order valence-electron chi connectivity index (χ0n) is 17.6. The molecule has 2 aliphatic rings. The average Bonchev–Trinajstić information content (AvgIpc) is 3.64. The minimum Gasteiger partial charge on any atom is -0.493 e. The van der Waals surface area contributed by atoms with Crippen LogP contribution in [0.4, 0.5) is 5.82 Å². The van der Waals surface area contributed by atoms with Gasteiger partial charge in [-0.3, -0.25) is 4.99 Å². The zero-order chi connectivity index (χ0) is 20.6. The lowest BCUT2D eigenvalue weighted by atomic mass is 10.2. The number of aromatic nitrogens is 1. The number of pyridine rings is 1. The van der Waals surface area contributed by atoms with Gasteiger partial charge >= 0.3 is 0 Å². The number of hydrogen-bond acceptors (Lipinski definition) is 5. The predicted molar refractivity (Wildman–Crippen MR) is 119 cm³/mol. The fourth-order valence-corrected chi connectivity index (χ4v) is 3.49. The summed E-state index contributed by atoms with van der Waals surface area (Å²) < 4.78 is 11.5. The number of ether oxygens (including phenoxy) is 2. The van der Waals surface area contributed by atoms with Crippen molar-refractivity contribution in [2.75, 3.05) is 44.9 Å². The van der Waals surface area contributed by atoms with E-state index in [1.54, 1.807) is 7.05 Å². The van der Waals surface area contributed by atoms with Gasteiger partial charge in [0.15, 0.2) is 5.96 Å². The molecule has 0 atom stereocenters. The van der Waals surface area contributed by atoms with Crippen LogP contribution in [-0.2, 0) is 17.8 Å². The maximum atomic E-state index is 6.01. The largest absolute Gasteiger partial charge is 0.493 e. The Labute approximate surface area is 178 Å². The maximum Gasteiger partial charge on any atom is 0.191 e. The molecule has 1 aromatic heterocycles. The molecule has 1 saturated heterocycles. The zero-order valence-corrected chi connectivity index (χ0v) is 17.6. The Hall–Kier alpha value is -2.80. The van der Waals surface area contributed by atoms with E-state index in [0.29, 0.717) is 13.1 Å². The van der Waals surface area contributed by atoms with Gasteiger partial charge in [0.2, 0.25) is 0 Å². The molecule has 4 rings (SSSR count). The minimum atomic E-state index is 0.653. The first-order valence-corrected chi connectivity index (χ1v) is 10.8. The van der Waals surface area contributed by atoms with Crippen molar-refractivity contribution < 1.29 is 9.47 Å². The number of benzene rings is 1. The van der Waals surface area contributed by atoms with Gasteiger partial charge in [-0.2, -0.15) is 0 Å². The normalized spacial score (nSPS) is 17.0. The average molecular weight is 410 g/mol. The first kappa shape index (κ1) is 20.5. The number of para-hydroxylation sites is 1. The summed E-state index contributed by atoms with van der Waals surface area (Å²) in [6, 6.07) is 12.3. The number of nitrogens with one attached hydrogen (secondary N) is 2. The van der Waals surface area contributed by atoms with Gasteiger partial charge in [0.1, 0.15) is 11.6 Å². The number of guanidine groups is 1. The van der Waals surface area contributed by atoms with Crippen LogP contribution in [0.1, 0.15) is 24.0 Å². The van der Waals surface area contributed by atoms with Crippen LogP contribution >= 0.6 is 0 Å². The standard InChI is InChI=1S/C23H31N5O2/c1-24-23(26-15-19-5-2-3-7-21(19)30-17-18-8-9-18)27-16-20-6-4-10-25-22(20)28-11-13-29-14-12-28/h2-7,10,18H,8-9,11-17H2,1H3,(H2,24,26,27). The highest BCUT2D eigenvalue weighted by molar-refractivity contribution is 5.79. The number of hydrogen-bond donors (Lipinski definition) is 2. The molecule has 7 heteroatoms. The summed E-state index contributed by atoms with van der Waals surface area (Å²) >= 11 is 0. The summed E-state index contributed by atoms with van der Waals surface area (Å²) in [5.41, 5.74) is 2.28. The molecule has 7 nitrogen and oxygen atoms in total. The van der Waals surface area contributed by atoms with E-state index in [1.807, 2.05) is 30.5 Å². The summed E-state index contributed by atoms with van der Waals surface area (Å²) in [4.78, 5) is 11.3. The van der Waals surface area contributed by atoms with Gasteiger partial charge < -0.3 is 25.0 Å². The molecule has 2 fully saturated rings. The molecule has 0 radical (unpaired) electrons. The first-order valence-electron chi connectivity index (χ1n) is 10.8. The molecule has 0 unspecified atom stereocenters. The first-order chi connectivity index (χ1) is 14.8. The Balaban J connectivity index is 1.33. The molecular weight excluding hydrogens is 378 g/mol. The van der Waals surface area contributed by atoms with Crippen LogP contribution in [-0.4, -0.2) is 50.9 Å². The van der Waals surface area contributed by atoms with Crippen LogP contribution in [0.15, 0.2) is 47.6 Å². The third-order valence-corrected chi connectivity index (χ3v) is 5.44. The third-order valence-electron chi connectivity index (χ3n) is 5.44. The lowest BCUT2D eigenvalue weighted by Crippen LogP contribution is -2.39. The summed E-state index contributed by atoms with van der Waals surface area (Å²) in [5, 5.41) is 6.82. The molecule has 1 aromatic carbocycles. The Morgan fingerprint density at radius 2 is 1.83 bits per heavy atom. The van der Waals surface area contributed by atoms with Crippen molar-refractivity contribution in [2.45, 2.75) is 25.9 Å². The maximum absolute atomic E-state index is 6.01. The van der Waals surface area contributed by atoms with Crippen LogP contribution in [0.3, 0.4) is 0 Å². The second-order valence-electron chi connectivity index (χ2n) is 7.73. The summed E-state index contributed by atoms with van der Waals surface area (Å²) in [7, 11) is 1.79. The van der Waals surface area contributed by atoms with Crippen LogP contribution in [0.5, 0.6) is 5.75 Å². The lowest BCUT2D eigenvalue weighted by molar-refractivity contribution is 0.122. The fraction of sp³-hybridized carbons (Fsp3) is 0.478. The van der Waals surface area contributed by atoms with Crippen LogP contribution in [0.25, 0.3) is 0 Å². The predicted octanol–water partition coefficient (Wildman–Crippen LogP) is 2.57. The van der Waals surface area contributed by atoms with E-state index in [-0.39, 0.29) is 0 Å². The van der Waals surface area contributed by atoms with Gasteiger partial charge in [0, 0.05) is 50.6 Å². The van der Waals surface area contributed by atoms with E-state index >= 15 is 0 Å². The lowest BCUT2D eigenvalue weighted by Gasteiger charge is -2.29. The van der Waals surface area contributed by atoms with Crippen molar-refractivity contribution >= 4 is 11.8 Å². The van der Waals surface area contributed by atoms with Crippen molar-refractivity contribution in [1.82, 2.24) is 15.6 Å². The second-order valence-corrected chi connectivity index (χ2v) is 7.73. The van der Waals surface area contributed by atoms with E-state index in [0.717, 1.165) is 67.5 Å². The van der Waals surface area contributed by atoms with Gasteiger partial charge in [-0.05, 0) is 30.9 Å². The van der Waals surface area contributed by atoms with Gasteiger partial charge in [0.05, 0.1) is 19.8 Å². The molecule has 160 valence electrons. The topological polar surface area (TPSA) is 71.0 Å². The van der Waals surface area contributed by atoms with Crippen LogP contribution in [0, 0.1) is 5.92 Å². The Kier molecular flexibility index (Phi) is 7.03. The Morgan fingerprint density at radius 3 is 2.60 bits per heavy atom. The number of aliphatic imine (C=N–C) groups is 1. The minimum absolute atomic E-state index is 0.653. The van der Waals surface area contributed by atoms with E-state index in [1.165, 1.54) is 12.8 Å². The highest BCUT2D eigenvalue weighted by atomic mass is 16.5. The molecule has 0 spiro atoms. The molecular formula is C23H31N5O2. The Morgan fingerprint density at radius 1 is 1.10 bits per heavy atom. The number of morpholine rings is 1. The molecule has 2 N–H and O–H groups in total. The fourth-order valence-electron chi connectivity index (χ4n) is 3.49. The molecule has 1 aliphatic heterocycles. The quantitative estimate of drug-likeness (QED) is 0.516. The van der Waals surface area contributed by atoms with Gasteiger partial charge in [-0.1, -0.05) is 24.3 Å². The summed E-state index contributed by atoms with van der Waals surface area (Å²) in [6.45, 7) is 5.35. The SMILES string of the molecule is CN=C(NCc1ccccc1OCC1CC1)NCc1cccnc1N1CCOCC1. The van der Waals surface area contributed by atoms with Gasteiger partial charge in [-0.15, -0.1) is 0 Å². The highest BCUT2D eigenvalue weighted by Crippen LogP contribution is 2.30. The molecule has 1 aliphatic carbocycles. The number of rotatable bonds is 8. The second kappa shape index (κ2) is 10.3. The third kappa shape index (κ3) is 5.63. The Bertz CT molecular complexity index is 847. The van der Waals surface area contributed by atoms with Crippen molar-refractivity contribution in [3.8, 4) is 5.75 Å². The van der Waals surface area contributed by atoms with Crippen molar-refractivity contribution in [1.29, 1.82) is 0 Å². The summed E-state index contributed by atoms with van der Waals surface area (Å²) in [5.74, 6) is 3.46. The monoisotopic (exact) mass is 409 g/mol. The van der Waals surface area contributed by atoms with Crippen LogP contribution in [0.2, 0.25) is 0 Å². The smallest absolute Gasteiger partial charge is 0.191 e. The molecule has 30 heavy (non-hydrogen) atoms. The van der Waals surface area contributed by atoms with Crippen molar-refractivity contribution in [3.63, 3.8) is 0 Å². The van der Waals surface area contributed by atoms with E-state index in [4.69, 9.17) is 9.47 Å². The molecule has 2 heterocycles. The van der Waals surface area contributed by atoms with Crippen molar-refractivity contribution in [2.24, 2.45) is 10.9 Å².